The molecule has 0 atom stereocenters. The normalized spacial score (nSPS) is 11.4. The Morgan fingerprint density at radius 1 is 1.00 bits per heavy atom. The van der Waals surface area contributed by atoms with Gasteiger partial charge in [0.25, 0.3) is 10.0 Å². The predicted octanol–water partition coefficient (Wildman–Crippen LogP) is 1.83. The molecule has 100 valence electrons. The van der Waals surface area contributed by atoms with Crippen LogP contribution in [-0.4, -0.2) is 23.4 Å². The van der Waals surface area contributed by atoms with E-state index in [1.54, 1.807) is 30.5 Å². The Morgan fingerprint density at radius 3 is 2.70 bits per heavy atom. The quantitative estimate of drug-likeness (QED) is 0.794. The highest BCUT2D eigenvalue weighted by molar-refractivity contribution is 7.92. The number of nitrogens with one attached hydrogen (secondary N) is 1. The Labute approximate surface area is 115 Å². The van der Waals surface area contributed by atoms with Gasteiger partial charge >= 0.3 is 0 Å². The molecule has 2 aromatic heterocycles. The number of rotatable bonds is 3. The molecule has 0 aliphatic heterocycles. The fourth-order valence-electron chi connectivity index (χ4n) is 1.80. The van der Waals surface area contributed by atoms with Crippen LogP contribution in [0.1, 0.15) is 0 Å². The number of fused-ring (bicyclic) bond motifs is 1. The highest BCUT2D eigenvalue weighted by Gasteiger charge is 2.16. The summed E-state index contributed by atoms with van der Waals surface area (Å²) in [6, 6.07) is 9.91. The zero-order valence-electron chi connectivity index (χ0n) is 10.3. The standard InChI is InChI=1S/C13H10N4O2S/c18-20(19,12-6-1-2-7-15-12)17-11-5-3-4-10-8-14-9-16-13(10)11/h1-9,17H. The van der Waals surface area contributed by atoms with Gasteiger partial charge in [-0.25, -0.2) is 15.0 Å². The summed E-state index contributed by atoms with van der Waals surface area (Å²) >= 11 is 0. The van der Waals surface area contributed by atoms with Crippen molar-refractivity contribution in [3.05, 3.63) is 55.1 Å². The van der Waals surface area contributed by atoms with Crippen LogP contribution in [0.25, 0.3) is 10.9 Å². The maximum atomic E-state index is 12.2. The van der Waals surface area contributed by atoms with Crippen molar-refractivity contribution in [1.29, 1.82) is 0 Å². The summed E-state index contributed by atoms with van der Waals surface area (Å²) in [7, 11) is -3.73. The van der Waals surface area contributed by atoms with Crippen LogP contribution in [0.4, 0.5) is 5.69 Å². The van der Waals surface area contributed by atoms with E-state index < -0.39 is 10.0 Å². The van der Waals surface area contributed by atoms with Crippen LogP contribution in [0.3, 0.4) is 0 Å². The molecule has 0 aliphatic carbocycles. The molecule has 7 heteroatoms. The van der Waals surface area contributed by atoms with E-state index in [1.165, 1.54) is 18.6 Å². The van der Waals surface area contributed by atoms with Crippen molar-refractivity contribution in [3.8, 4) is 0 Å². The average molecular weight is 286 g/mol. The third-order valence-electron chi connectivity index (χ3n) is 2.69. The molecule has 0 saturated carbocycles. The molecule has 6 nitrogen and oxygen atoms in total. The molecule has 1 aromatic carbocycles. The SMILES string of the molecule is O=S(=O)(Nc1cccc2cncnc12)c1ccccn1. The van der Waals surface area contributed by atoms with Gasteiger partial charge in [0, 0.05) is 17.8 Å². The maximum absolute atomic E-state index is 12.2. The van der Waals surface area contributed by atoms with Crippen LogP contribution in [0.2, 0.25) is 0 Å². The van der Waals surface area contributed by atoms with Crippen molar-refractivity contribution in [2.45, 2.75) is 5.03 Å². The average Bonchev–Trinajstić information content (AvgIpc) is 2.48. The lowest BCUT2D eigenvalue weighted by Crippen LogP contribution is -2.14. The molecular formula is C13H10N4O2S. The molecule has 0 saturated heterocycles. The molecule has 0 amide bonds. The van der Waals surface area contributed by atoms with Crippen LogP contribution in [0.15, 0.2) is 60.1 Å². The van der Waals surface area contributed by atoms with Crippen LogP contribution in [0.5, 0.6) is 0 Å². The van der Waals surface area contributed by atoms with Crippen molar-refractivity contribution in [3.63, 3.8) is 0 Å². The molecule has 0 aliphatic rings. The highest BCUT2D eigenvalue weighted by Crippen LogP contribution is 2.22. The molecule has 0 unspecified atom stereocenters. The highest BCUT2D eigenvalue weighted by atomic mass is 32.2. The van der Waals surface area contributed by atoms with Gasteiger partial charge in [-0.2, -0.15) is 8.42 Å². The molecule has 2 heterocycles. The lowest BCUT2D eigenvalue weighted by atomic mass is 10.2. The first-order valence-electron chi connectivity index (χ1n) is 5.79. The van der Waals surface area contributed by atoms with E-state index in [1.807, 2.05) is 6.07 Å². The van der Waals surface area contributed by atoms with Crippen molar-refractivity contribution < 1.29 is 8.42 Å². The number of anilines is 1. The molecule has 0 spiro atoms. The number of hydrogen-bond acceptors (Lipinski definition) is 5. The first kappa shape index (κ1) is 12.5. The summed E-state index contributed by atoms with van der Waals surface area (Å²) in [4.78, 5) is 11.9. The maximum Gasteiger partial charge on any atom is 0.279 e. The summed E-state index contributed by atoms with van der Waals surface area (Å²) in [5, 5.41) is 0.722. The second kappa shape index (κ2) is 4.86. The fraction of sp³-hybridized carbons (Fsp3) is 0. The van der Waals surface area contributed by atoms with Gasteiger partial charge in [-0.15, -0.1) is 0 Å². The van der Waals surface area contributed by atoms with Crippen LogP contribution >= 0.6 is 0 Å². The van der Waals surface area contributed by atoms with Gasteiger partial charge in [0.05, 0.1) is 11.2 Å². The van der Waals surface area contributed by atoms with Crippen molar-refractivity contribution >= 4 is 26.6 Å². The third-order valence-corrected chi connectivity index (χ3v) is 3.97. The van der Waals surface area contributed by atoms with E-state index in [4.69, 9.17) is 0 Å². The summed E-state index contributed by atoms with van der Waals surface area (Å²) in [5.41, 5.74) is 0.942. The van der Waals surface area contributed by atoms with Crippen LogP contribution < -0.4 is 4.72 Å². The molecule has 1 N–H and O–H groups in total. The van der Waals surface area contributed by atoms with Gasteiger partial charge in [0.2, 0.25) is 0 Å². The zero-order chi connectivity index (χ0) is 14.0. The number of sulfonamides is 1. The first-order valence-corrected chi connectivity index (χ1v) is 7.28. The summed E-state index contributed by atoms with van der Waals surface area (Å²) in [6.07, 6.45) is 4.43. The zero-order valence-corrected chi connectivity index (χ0v) is 11.1. The number of aromatic nitrogens is 3. The lowest BCUT2D eigenvalue weighted by molar-refractivity contribution is 0.597. The van der Waals surface area contributed by atoms with Gasteiger partial charge in [-0.05, 0) is 18.2 Å². The minimum absolute atomic E-state index is 0.0361. The largest absolute Gasteiger partial charge is 0.279 e. The fourth-order valence-corrected chi connectivity index (χ4v) is 2.82. The van der Waals surface area contributed by atoms with Gasteiger partial charge in [0.15, 0.2) is 5.03 Å². The van der Waals surface area contributed by atoms with Gasteiger partial charge < -0.3 is 0 Å². The molecule has 3 rings (SSSR count). The second-order valence-electron chi connectivity index (χ2n) is 4.04. The van der Waals surface area contributed by atoms with Gasteiger partial charge in [-0.3, -0.25) is 4.72 Å². The van der Waals surface area contributed by atoms with Crippen LogP contribution in [-0.2, 0) is 10.0 Å². The van der Waals surface area contributed by atoms with Crippen molar-refractivity contribution in [2.24, 2.45) is 0 Å². The molecule has 0 fully saturated rings. The topological polar surface area (TPSA) is 84.8 Å². The third kappa shape index (κ3) is 2.30. The van der Waals surface area contributed by atoms with E-state index >= 15 is 0 Å². The van der Waals surface area contributed by atoms with Gasteiger partial charge in [-0.1, -0.05) is 18.2 Å². The smallest absolute Gasteiger partial charge is 0.276 e. The van der Waals surface area contributed by atoms with E-state index in [9.17, 15) is 8.42 Å². The molecule has 20 heavy (non-hydrogen) atoms. The van der Waals surface area contributed by atoms with Crippen molar-refractivity contribution in [2.75, 3.05) is 4.72 Å². The van der Waals surface area contributed by atoms with Crippen molar-refractivity contribution in [1.82, 2.24) is 15.0 Å². The Balaban J connectivity index is 2.06. The number of hydrogen-bond donors (Lipinski definition) is 1. The number of para-hydroxylation sites is 1. The summed E-state index contributed by atoms with van der Waals surface area (Å²) in [5.74, 6) is 0. The molecule has 0 radical (unpaired) electrons. The van der Waals surface area contributed by atoms with Crippen LogP contribution in [0, 0.1) is 0 Å². The number of pyridine rings is 1. The molecule has 3 aromatic rings. The Morgan fingerprint density at radius 2 is 1.90 bits per heavy atom. The minimum Gasteiger partial charge on any atom is -0.276 e. The van der Waals surface area contributed by atoms with Gasteiger partial charge in [0.1, 0.15) is 6.33 Å². The molecular weight excluding hydrogens is 276 g/mol. The summed E-state index contributed by atoms with van der Waals surface area (Å²) < 4.78 is 27.0. The number of nitrogens with zero attached hydrogens (tertiary/aromatic N) is 3. The Bertz CT molecular complexity index is 845. The second-order valence-corrected chi connectivity index (χ2v) is 5.67. The monoisotopic (exact) mass is 286 g/mol. The Kier molecular flexibility index (Phi) is 3.03. The lowest BCUT2D eigenvalue weighted by Gasteiger charge is -2.09. The first-order chi connectivity index (χ1) is 9.67. The summed E-state index contributed by atoms with van der Waals surface area (Å²) in [6.45, 7) is 0. The number of benzene rings is 1. The Hall–Kier alpha value is -2.54. The van der Waals surface area contributed by atoms with E-state index in [2.05, 4.69) is 19.7 Å². The predicted molar refractivity (Wildman–Crippen MR) is 74.6 cm³/mol. The van der Waals surface area contributed by atoms with E-state index in [0.717, 1.165) is 5.39 Å². The van der Waals surface area contributed by atoms with E-state index in [-0.39, 0.29) is 5.03 Å². The minimum atomic E-state index is -3.73. The molecule has 0 bridgehead atoms. The van der Waals surface area contributed by atoms with E-state index in [0.29, 0.717) is 11.2 Å².